The number of carbonyl (C=O) groups is 1. The van der Waals surface area contributed by atoms with Crippen LogP contribution in [0.25, 0.3) is 0 Å². The molecule has 0 aliphatic carbocycles. The van der Waals surface area contributed by atoms with Gasteiger partial charge in [-0.1, -0.05) is 11.6 Å². The number of carbonyl (C=O) groups excluding carboxylic acids is 1. The lowest BCUT2D eigenvalue weighted by atomic mass is 9.92. The van der Waals surface area contributed by atoms with Crippen molar-refractivity contribution in [1.29, 1.82) is 0 Å². The van der Waals surface area contributed by atoms with Gasteiger partial charge in [0, 0.05) is 31.2 Å². The van der Waals surface area contributed by atoms with Gasteiger partial charge < -0.3 is 20.3 Å². The fraction of sp³-hybridized carbons (Fsp3) is 0.542. The molecule has 2 aromatic rings. The molecular weight excluding hydrogens is 426 g/mol. The molecule has 1 aromatic carbocycles. The van der Waals surface area contributed by atoms with Gasteiger partial charge in [-0.25, -0.2) is 9.97 Å². The Bertz CT molecular complexity index is 894. The zero-order chi connectivity index (χ0) is 22.3. The maximum Gasteiger partial charge on any atom is 0.251 e. The van der Waals surface area contributed by atoms with Gasteiger partial charge in [-0.15, -0.1) is 0 Å². The first kappa shape index (κ1) is 22.8. The Morgan fingerprint density at radius 2 is 2.03 bits per heavy atom. The average Bonchev–Trinajstić information content (AvgIpc) is 3.31. The minimum atomic E-state index is -0.00177. The third-order valence-electron chi connectivity index (χ3n) is 6.37. The smallest absolute Gasteiger partial charge is 0.251 e. The van der Waals surface area contributed by atoms with E-state index in [4.69, 9.17) is 16.3 Å². The number of hydrogen-bond donors (Lipinski definition) is 2. The minimum Gasteiger partial charge on any atom is -0.494 e. The van der Waals surface area contributed by atoms with Crippen LogP contribution in [-0.4, -0.2) is 54.7 Å². The summed E-state index contributed by atoms with van der Waals surface area (Å²) >= 11 is 5.87. The first-order valence-electron chi connectivity index (χ1n) is 11.6. The van der Waals surface area contributed by atoms with Crippen LogP contribution in [0, 0.1) is 12.8 Å². The Morgan fingerprint density at radius 1 is 1.25 bits per heavy atom. The molecule has 2 aliphatic heterocycles. The summed E-state index contributed by atoms with van der Waals surface area (Å²) in [6.07, 6.45) is 8.77. The summed E-state index contributed by atoms with van der Waals surface area (Å²) in [5, 5.41) is 6.94. The third-order valence-corrected chi connectivity index (χ3v) is 6.56. The lowest BCUT2D eigenvalue weighted by Crippen LogP contribution is -2.36. The number of rotatable bonds is 8. The van der Waals surface area contributed by atoms with Crippen molar-refractivity contribution in [3.8, 4) is 5.75 Å². The fourth-order valence-corrected chi connectivity index (χ4v) is 4.57. The number of halogens is 1. The number of anilines is 1. The second-order valence-corrected chi connectivity index (χ2v) is 9.20. The zero-order valence-electron chi connectivity index (χ0n) is 18.6. The number of nitrogens with zero attached hydrogens (tertiary/aromatic N) is 3. The third kappa shape index (κ3) is 6.11. The van der Waals surface area contributed by atoms with Gasteiger partial charge in [-0.2, -0.15) is 0 Å². The highest BCUT2D eigenvalue weighted by Gasteiger charge is 2.21. The number of ether oxygens (including phenoxy) is 1. The topological polar surface area (TPSA) is 79.4 Å². The molecule has 1 amide bonds. The van der Waals surface area contributed by atoms with E-state index in [9.17, 15) is 4.79 Å². The van der Waals surface area contributed by atoms with Crippen molar-refractivity contribution < 1.29 is 9.53 Å². The highest BCUT2D eigenvalue weighted by Crippen LogP contribution is 2.25. The van der Waals surface area contributed by atoms with E-state index in [1.165, 1.54) is 0 Å². The Kier molecular flexibility index (Phi) is 7.81. The molecule has 1 aromatic heterocycles. The van der Waals surface area contributed by atoms with Crippen molar-refractivity contribution >= 4 is 23.5 Å². The molecule has 3 heterocycles. The van der Waals surface area contributed by atoms with Crippen molar-refractivity contribution in [2.45, 2.75) is 45.1 Å². The molecule has 2 fully saturated rings. The van der Waals surface area contributed by atoms with Gasteiger partial charge in [-0.05, 0) is 75.3 Å². The Labute approximate surface area is 194 Å². The molecule has 172 valence electrons. The van der Waals surface area contributed by atoms with Crippen molar-refractivity contribution in [1.82, 2.24) is 20.6 Å². The fourth-order valence-electron chi connectivity index (χ4n) is 4.47. The Morgan fingerprint density at radius 3 is 2.72 bits per heavy atom. The maximum absolute atomic E-state index is 12.5. The summed E-state index contributed by atoms with van der Waals surface area (Å²) in [5.41, 5.74) is 1.67. The van der Waals surface area contributed by atoms with Crippen LogP contribution in [0.3, 0.4) is 0 Å². The van der Waals surface area contributed by atoms with Crippen LogP contribution in [0.15, 0.2) is 30.6 Å². The number of nitrogens with one attached hydrogen (secondary N) is 2. The molecule has 0 radical (unpaired) electrons. The van der Waals surface area contributed by atoms with Crippen molar-refractivity contribution in [3.63, 3.8) is 0 Å². The second-order valence-electron chi connectivity index (χ2n) is 8.76. The summed E-state index contributed by atoms with van der Waals surface area (Å²) in [6, 6.07) is 5.96. The van der Waals surface area contributed by atoms with Crippen LogP contribution >= 0.6 is 11.6 Å². The maximum atomic E-state index is 12.5. The minimum absolute atomic E-state index is 0.00177. The van der Waals surface area contributed by atoms with Crippen LogP contribution in [0.1, 0.15) is 48.0 Å². The van der Waals surface area contributed by atoms with Crippen molar-refractivity contribution in [2.75, 3.05) is 37.7 Å². The Balaban J connectivity index is 1.16. The number of hydrogen-bond acceptors (Lipinski definition) is 6. The number of aryl methyl sites for hydroxylation is 1. The lowest BCUT2D eigenvalue weighted by Gasteiger charge is -2.31. The van der Waals surface area contributed by atoms with Crippen molar-refractivity contribution in [2.24, 2.45) is 5.92 Å². The summed E-state index contributed by atoms with van der Waals surface area (Å²) in [6.45, 7) is 6.43. The van der Waals surface area contributed by atoms with Gasteiger partial charge in [0.1, 0.15) is 5.75 Å². The standard InChI is InChI=1S/C24H32ClN5O2/c1-17-13-21(4-5-22(17)23(31)29-20-6-9-26-16-20)32-12-2-3-18-7-10-30(11-8-18)24-27-14-19(25)15-28-24/h4-5,13-15,18,20,26H,2-3,6-12,16H2,1H3,(H,29,31)/t20-/m1/s1. The van der Waals surface area contributed by atoms with E-state index < -0.39 is 0 Å². The molecule has 2 aliphatic rings. The molecule has 32 heavy (non-hydrogen) atoms. The first-order valence-corrected chi connectivity index (χ1v) is 11.9. The molecular formula is C24H32ClN5O2. The normalized spacial score (nSPS) is 19.2. The molecule has 4 rings (SSSR count). The molecule has 2 saturated heterocycles. The molecule has 0 bridgehead atoms. The monoisotopic (exact) mass is 457 g/mol. The van der Waals surface area contributed by atoms with Gasteiger partial charge in [0.25, 0.3) is 5.91 Å². The van der Waals surface area contributed by atoms with E-state index in [1.54, 1.807) is 12.4 Å². The SMILES string of the molecule is Cc1cc(OCCCC2CCN(c3ncc(Cl)cn3)CC2)ccc1C(=O)N[C@@H]1CCNC1. The van der Waals surface area contributed by atoms with E-state index in [2.05, 4.69) is 25.5 Å². The van der Waals surface area contributed by atoms with Gasteiger partial charge in [0.2, 0.25) is 5.95 Å². The Hall–Kier alpha value is -2.38. The predicted molar refractivity (Wildman–Crippen MR) is 127 cm³/mol. The van der Waals surface area contributed by atoms with Gasteiger partial charge in [0.15, 0.2) is 0 Å². The second kappa shape index (κ2) is 11.0. The number of amides is 1. The van der Waals surface area contributed by atoms with Crippen molar-refractivity contribution in [3.05, 3.63) is 46.7 Å². The molecule has 7 nitrogen and oxygen atoms in total. The highest BCUT2D eigenvalue weighted by molar-refractivity contribution is 6.30. The average molecular weight is 458 g/mol. The summed E-state index contributed by atoms with van der Waals surface area (Å²) in [4.78, 5) is 23.4. The number of piperidine rings is 1. The van der Waals surface area contributed by atoms with Gasteiger partial charge in [0.05, 0.1) is 24.0 Å². The van der Waals surface area contributed by atoms with Gasteiger partial charge in [-0.3, -0.25) is 4.79 Å². The summed E-state index contributed by atoms with van der Waals surface area (Å²) in [5.74, 6) is 2.30. The molecule has 0 spiro atoms. The van der Waals surface area contributed by atoms with E-state index in [0.717, 1.165) is 81.1 Å². The lowest BCUT2D eigenvalue weighted by molar-refractivity contribution is 0.0939. The number of benzene rings is 1. The zero-order valence-corrected chi connectivity index (χ0v) is 19.4. The van der Waals surface area contributed by atoms with Gasteiger partial charge >= 0.3 is 0 Å². The van der Waals surface area contributed by atoms with E-state index in [1.807, 2.05) is 25.1 Å². The van der Waals surface area contributed by atoms with E-state index in [0.29, 0.717) is 17.5 Å². The van der Waals surface area contributed by atoms with E-state index in [-0.39, 0.29) is 11.9 Å². The number of aromatic nitrogens is 2. The predicted octanol–water partition coefficient (Wildman–Crippen LogP) is 3.61. The van der Waals surface area contributed by atoms with Crippen LogP contribution in [0.2, 0.25) is 5.02 Å². The highest BCUT2D eigenvalue weighted by atomic mass is 35.5. The van der Waals surface area contributed by atoms with Crippen LogP contribution in [-0.2, 0) is 0 Å². The molecule has 0 unspecified atom stereocenters. The van der Waals surface area contributed by atoms with Crippen LogP contribution in [0.5, 0.6) is 5.75 Å². The van der Waals surface area contributed by atoms with Crippen LogP contribution < -0.4 is 20.3 Å². The summed E-state index contributed by atoms with van der Waals surface area (Å²) in [7, 11) is 0. The molecule has 1 atom stereocenters. The largest absolute Gasteiger partial charge is 0.494 e. The summed E-state index contributed by atoms with van der Waals surface area (Å²) < 4.78 is 5.96. The van der Waals surface area contributed by atoms with E-state index >= 15 is 0 Å². The molecule has 8 heteroatoms. The molecule has 2 N–H and O–H groups in total. The molecule has 0 saturated carbocycles. The van der Waals surface area contributed by atoms with Crippen LogP contribution in [0.4, 0.5) is 5.95 Å². The quantitative estimate of drug-likeness (QED) is 0.589. The first-order chi connectivity index (χ1) is 15.6.